The Kier molecular flexibility index (Phi) is 4.54. The summed E-state index contributed by atoms with van der Waals surface area (Å²) in [4.78, 5) is 16.4. The number of hydrogen-bond acceptors (Lipinski definition) is 3. The molecule has 23 heavy (non-hydrogen) atoms. The molecule has 0 aliphatic rings. The van der Waals surface area contributed by atoms with Crippen LogP contribution in [0.2, 0.25) is 5.02 Å². The Morgan fingerprint density at radius 3 is 2.65 bits per heavy atom. The van der Waals surface area contributed by atoms with Crippen molar-refractivity contribution in [3.63, 3.8) is 0 Å². The van der Waals surface area contributed by atoms with Crippen LogP contribution in [0.5, 0.6) is 11.6 Å². The molecule has 1 amide bonds. The molecule has 1 aromatic heterocycles. The Labute approximate surface area is 138 Å². The predicted molar refractivity (Wildman–Crippen MR) is 90.2 cm³/mol. The summed E-state index contributed by atoms with van der Waals surface area (Å²) in [5.74, 6) is 0.779. The first kappa shape index (κ1) is 15.1. The number of nitrogens with one attached hydrogen (secondary N) is 1. The summed E-state index contributed by atoms with van der Waals surface area (Å²) in [5.41, 5.74) is 1.12. The van der Waals surface area contributed by atoms with Crippen LogP contribution in [0, 0.1) is 0 Å². The van der Waals surface area contributed by atoms with E-state index in [1.807, 2.05) is 12.1 Å². The third kappa shape index (κ3) is 4.08. The molecule has 4 nitrogen and oxygen atoms in total. The van der Waals surface area contributed by atoms with Crippen molar-refractivity contribution < 1.29 is 9.53 Å². The first-order valence-electron chi connectivity index (χ1n) is 6.96. The molecular weight excluding hydrogens is 312 g/mol. The van der Waals surface area contributed by atoms with Crippen LogP contribution in [0.4, 0.5) is 5.69 Å². The maximum absolute atomic E-state index is 12.3. The number of aromatic nitrogens is 1. The number of rotatable bonds is 4. The lowest BCUT2D eigenvalue weighted by Gasteiger charge is -2.08. The fourth-order valence-corrected chi connectivity index (χ4v) is 2.19. The maximum Gasteiger partial charge on any atom is 0.255 e. The number of benzene rings is 2. The average molecular weight is 325 g/mol. The number of pyridine rings is 1. The quantitative estimate of drug-likeness (QED) is 0.751. The van der Waals surface area contributed by atoms with Crippen LogP contribution in [0.1, 0.15) is 10.4 Å². The highest BCUT2D eigenvalue weighted by atomic mass is 35.5. The third-order valence-corrected chi connectivity index (χ3v) is 3.27. The Morgan fingerprint density at radius 2 is 1.87 bits per heavy atom. The minimum Gasteiger partial charge on any atom is -0.439 e. The Balaban J connectivity index is 1.75. The van der Waals surface area contributed by atoms with E-state index in [-0.39, 0.29) is 5.91 Å². The number of nitrogens with zero attached hydrogens (tertiary/aromatic N) is 1. The molecule has 3 aromatic rings. The monoisotopic (exact) mass is 324 g/mol. The highest BCUT2D eigenvalue weighted by molar-refractivity contribution is 6.30. The van der Waals surface area contributed by atoms with Crippen molar-refractivity contribution >= 4 is 23.2 Å². The van der Waals surface area contributed by atoms with Crippen molar-refractivity contribution in [1.29, 1.82) is 0 Å². The number of ether oxygens (including phenoxy) is 1. The van der Waals surface area contributed by atoms with Crippen LogP contribution < -0.4 is 10.1 Å². The lowest BCUT2D eigenvalue weighted by atomic mass is 10.2. The van der Waals surface area contributed by atoms with Gasteiger partial charge in [-0.25, -0.2) is 4.98 Å². The van der Waals surface area contributed by atoms with Crippen LogP contribution in [0.3, 0.4) is 0 Å². The first-order valence-corrected chi connectivity index (χ1v) is 7.34. The van der Waals surface area contributed by atoms with Gasteiger partial charge >= 0.3 is 0 Å². The molecule has 0 atom stereocenters. The number of anilines is 1. The molecule has 0 fully saturated rings. The molecule has 5 heteroatoms. The van der Waals surface area contributed by atoms with E-state index < -0.39 is 0 Å². The second kappa shape index (κ2) is 6.94. The van der Waals surface area contributed by atoms with Crippen molar-refractivity contribution in [2.75, 3.05) is 5.32 Å². The molecule has 0 spiro atoms. The molecular formula is C18H13ClN2O2. The van der Waals surface area contributed by atoms with Crippen molar-refractivity contribution in [3.8, 4) is 11.6 Å². The van der Waals surface area contributed by atoms with Gasteiger partial charge in [-0.2, -0.15) is 0 Å². The summed E-state index contributed by atoms with van der Waals surface area (Å²) < 4.78 is 5.63. The van der Waals surface area contributed by atoms with Gasteiger partial charge in [-0.1, -0.05) is 29.8 Å². The van der Waals surface area contributed by atoms with Gasteiger partial charge in [0.25, 0.3) is 5.91 Å². The lowest BCUT2D eigenvalue weighted by Crippen LogP contribution is -2.11. The summed E-state index contributed by atoms with van der Waals surface area (Å²) in [7, 11) is 0. The zero-order chi connectivity index (χ0) is 16.1. The molecule has 114 valence electrons. The van der Waals surface area contributed by atoms with E-state index in [2.05, 4.69) is 10.3 Å². The molecule has 0 radical (unpaired) electrons. The minimum atomic E-state index is -0.237. The van der Waals surface area contributed by atoms with Gasteiger partial charge in [0, 0.05) is 28.5 Å². The fraction of sp³-hybridized carbons (Fsp3) is 0. The zero-order valence-electron chi connectivity index (χ0n) is 12.1. The van der Waals surface area contributed by atoms with Gasteiger partial charge in [-0.15, -0.1) is 0 Å². The molecule has 0 saturated carbocycles. The highest BCUT2D eigenvalue weighted by Crippen LogP contribution is 2.21. The maximum atomic E-state index is 12.3. The topological polar surface area (TPSA) is 51.2 Å². The third-order valence-electron chi connectivity index (χ3n) is 3.04. The first-order chi connectivity index (χ1) is 11.2. The van der Waals surface area contributed by atoms with Crippen LogP contribution in [-0.4, -0.2) is 10.9 Å². The lowest BCUT2D eigenvalue weighted by molar-refractivity contribution is 0.102. The molecule has 0 bridgehead atoms. The van der Waals surface area contributed by atoms with Crippen molar-refractivity contribution in [3.05, 3.63) is 83.5 Å². The average Bonchev–Trinajstić information content (AvgIpc) is 2.56. The van der Waals surface area contributed by atoms with Crippen molar-refractivity contribution in [1.82, 2.24) is 4.98 Å². The predicted octanol–water partition coefficient (Wildman–Crippen LogP) is 4.78. The molecule has 0 aliphatic carbocycles. The van der Waals surface area contributed by atoms with E-state index in [9.17, 15) is 4.79 Å². The number of amides is 1. The zero-order valence-corrected chi connectivity index (χ0v) is 12.8. The van der Waals surface area contributed by atoms with E-state index in [4.69, 9.17) is 16.3 Å². The Hall–Kier alpha value is -2.85. The van der Waals surface area contributed by atoms with E-state index in [0.29, 0.717) is 27.9 Å². The largest absolute Gasteiger partial charge is 0.439 e. The molecule has 1 N–H and O–H groups in total. The minimum absolute atomic E-state index is 0.237. The normalized spacial score (nSPS) is 10.1. The number of carbonyl (C=O) groups is 1. The summed E-state index contributed by atoms with van der Waals surface area (Å²) in [5, 5.41) is 3.36. The van der Waals surface area contributed by atoms with Crippen molar-refractivity contribution in [2.45, 2.75) is 0 Å². The second-order valence-electron chi connectivity index (χ2n) is 4.76. The molecule has 0 unspecified atom stereocenters. The van der Waals surface area contributed by atoms with Crippen LogP contribution in [0.15, 0.2) is 72.9 Å². The summed E-state index contributed by atoms with van der Waals surface area (Å²) >= 11 is 5.91. The second-order valence-corrected chi connectivity index (χ2v) is 5.20. The molecule has 2 aromatic carbocycles. The molecule has 3 rings (SSSR count). The van der Waals surface area contributed by atoms with Gasteiger partial charge in [-0.3, -0.25) is 4.79 Å². The van der Waals surface area contributed by atoms with Gasteiger partial charge < -0.3 is 10.1 Å². The SMILES string of the molecule is O=C(Nc1cccc(Cl)c1)c1cccc(Oc2ccccn2)c1. The standard InChI is InChI=1S/C18H13ClN2O2/c19-14-6-4-7-15(12-14)21-18(22)13-5-3-8-16(11-13)23-17-9-1-2-10-20-17/h1-12H,(H,21,22). The number of halogens is 1. The smallest absolute Gasteiger partial charge is 0.255 e. The van der Waals surface area contributed by atoms with Gasteiger partial charge in [0.15, 0.2) is 0 Å². The highest BCUT2D eigenvalue weighted by Gasteiger charge is 2.08. The van der Waals surface area contributed by atoms with Crippen LogP contribution in [-0.2, 0) is 0 Å². The van der Waals surface area contributed by atoms with E-state index in [1.165, 1.54) is 0 Å². The molecule has 0 saturated heterocycles. The van der Waals surface area contributed by atoms with E-state index in [1.54, 1.807) is 60.8 Å². The number of carbonyl (C=O) groups excluding carboxylic acids is 1. The fourth-order valence-electron chi connectivity index (χ4n) is 2.00. The van der Waals surface area contributed by atoms with Gasteiger partial charge in [0.1, 0.15) is 5.75 Å². The Bertz CT molecular complexity index is 822. The number of hydrogen-bond donors (Lipinski definition) is 1. The van der Waals surface area contributed by atoms with Gasteiger partial charge in [0.2, 0.25) is 5.88 Å². The van der Waals surface area contributed by atoms with Crippen LogP contribution >= 0.6 is 11.6 Å². The Morgan fingerprint density at radius 1 is 1.00 bits per heavy atom. The van der Waals surface area contributed by atoms with Crippen LogP contribution in [0.25, 0.3) is 0 Å². The van der Waals surface area contributed by atoms with E-state index in [0.717, 1.165) is 0 Å². The summed E-state index contributed by atoms with van der Waals surface area (Å²) in [6.07, 6.45) is 1.64. The van der Waals surface area contributed by atoms with Crippen molar-refractivity contribution in [2.24, 2.45) is 0 Å². The van der Waals surface area contributed by atoms with Gasteiger partial charge in [0.05, 0.1) is 0 Å². The summed E-state index contributed by atoms with van der Waals surface area (Å²) in [6, 6.07) is 19.3. The summed E-state index contributed by atoms with van der Waals surface area (Å²) in [6.45, 7) is 0. The van der Waals surface area contributed by atoms with E-state index >= 15 is 0 Å². The molecule has 0 aliphatic heterocycles. The molecule has 1 heterocycles. The van der Waals surface area contributed by atoms with Gasteiger partial charge in [-0.05, 0) is 42.5 Å².